The molecule has 2 aliphatic heterocycles. The summed E-state index contributed by atoms with van der Waals surface area (Å²) < 4.78 is 11.8. The fourth-order valence-electron chi connectivity index (χ4n) is 4.08. The number of carbonyl (C=O) groups is 1. The number of hydrogen-bond acceptors (Lipinski definition) is 4. The molecule has 4 rings (SSSR count). The summed E-state index contributed by atoms with van der Waals surface area (Å²) in [6.07, 6.45) is 3.20. The Balaban J connectivity index is 1.44. The summed E-state index contributed by atoms with van der Waals surface area (Å²) in [4.78, 5) is 14.2. The fraction of sp³-hybridized carbons (Fsp3) is 0.650. The third kappa shape index (κ3) is 3.34. The van der Waals surface area contributed by atoms with E-state index < -0.39 is 5.60 Å². The number of nitrogens with one attached hydrogen (secondary N) is 1. The Morgan fingerprint density at radius 1 is 1.28 bits per heavy atom. The van der Waals surface area contributed by atoms with Crippen LogP contribution < -0.4 is 10.1 Å². The van der Waals surface area contributed by atoms with Crippen LogP contribution in [0.15, 0.2) is 18.2 Å². The topological polar surface area (TPSA) is 50.8 Å². The lowest BCUT2D eigenvalue weighted by molar-refractivity contribution is -0.0502. The van der Waals surface area contributed by atoms with Gasteiger partial charge in [-0.05, 0) is 51.7 Å². The summed E-state index contributed by atoms with van der Waals surface area (Å²) >= 11 is 0. The van der Waals surface area contributed by atoms with E-state index in [1.165, 1.54) is 5.56 Å². The first-order chi connectivity index (χ1) is 11.8. The largest absolute Gasteiger partial charge is 0.490 e. The molecule has 1 spiro atoms. The van der Waals surface area contributed by atoms with Gasteiger partial charge in [-0.2, -0.15) is 0 Å². The Morgan fingerprint density at radius 2 is 2.04 bits per heavy atom. The van der Waals surface area contributed by atoms with Crippen LogP contribution in [0.5, 0.6) is 5.75 Å². The van der Waals surface area contributed by atoms with Crippen LogP contribution in [-0.2, 0) is 17.7 Å². The van der Waals surface area contributed by atoms with Gasteiger partial charge in [0.15, 0.2) is 0 Å². The molecule has 1 saturated heterocycles. The maximum atomic E-state index is 12.4. The Kier molecular flexibility index (Phi) is 3.95. The second-order valence-corrected chi connectivity index (χ2v) is 8.80. The highest BCUT2D eigenvalue weighted by molar-refractivity contribution is 5.69. The van der Waals surface area contributed by atoms with Crippen molar-refractivity contribution in [3.05, 3.63) is 29.3 Å². The molecule has 1 aromatic carbocycles. The zero-order chi connectivity index (χ0) is 17.7. The Labute approximate surface area is 149 Å². The lowest BCUT2D eigenvalue weighted by Crippen LogP contribution is -2.62. The maximum Gasteiger partial charge on any atom is 0.410 e. The summed E-state index contributed by atoms with van der Waals surface area (Å²) in [7, 11) is 0. The smallest absolute Gasteiger partial charge is 0.410 e. The van der Waals surface area contributed by atoms with Gasteiger partial charge < -0.3 is 19.7 Å². The Morgan fingerprint density at radius 3 is 2.68 bits per heavy atom. The Hall–Kier alpha value is -1.75. The third-order valence-corrected chi connectivity index (χ3v) is 5.50. The molecule has 1 amide bonds. The quantitative estimate of drug-likeness (QED) is 0.896. The van der Waals surface area contributed by atoms with E-state index in [2.05, 4.69) is 17.4 Å². The van der Waals surface area contributed by atoms with Crippen molar-refractivity contribution in [2.24, 2.45) is 5.41 Å². The van der Waals surface area contributed by atoms with Crippen LogP contribution in [-0.4, -0.2) is 42.3 Å². The molecule has 0 aromatic heterocycles. The van der Waals surface area contributed by atoms with Crippen molar-refractivity contribution >= 4 is 6.09 Å². The van der Waals surface area contributed by atoms with Crippen molar-refractivity contribution < 1.29 is 14.3 Å². The van der Waals surface area contributed by atoms with Gasteiger partial charge in [0.05, 0.1) is 12.6 Å². The normalized spacial score (nSPS) is 22.0. The van der Waals surface area contributed by atoms with E-state index in [0.29, 0.717) is 24.6 Å². The molecule has 3 aliphatic rings. The molecule has 0 radical (unpaired) electrons. The van der Waals surface area contributed by atoms with Crippen LogP contribution in [0, 0.1) is 5.41 Å². The van der Waals surface area contributed by atoms with E-state index in [0.717, 1.165) is 43.7 Å². The van der Waals surface area contributed by atoms with Crippen molar-refractivity contribution in [2.45, 2.75) is 58.3 Å². The lowest BCUT2D eigenvalue weighted by Gasteiger charge is -2.53. The molecule has 2 fully saturated rings. The van der Waals surface area contributed by atoms with Crippen LogP contribution in [0.1, 0.15) is 44.7 Å². The van der Waals surface area contributed by atoms with Gasteiger partial charge in [-0.3, -0.25) is 0 Å². The fourth-order valence-corrected chi connectivity index (χ4v) is 4.08. The van der Waals surface area contributed by atoms with Gasteiger partial charge in [0.1, 0.15) is 11.4 Å². The lowest BCUT2D eigenvalue weighted by atomic mass is 9.63. The molecule has 1 N–H and O–H groups in total. The molecule has 0 unspecified atom stereocenters. The number of ether oxygens (including phenoxy) is 2. The number of amides is 1. The van der Waals surface area contributed by atoms with Crippen molar-refractivity contribution in [3.63, 3.8) is 0 Å². The van der Waals surface area contributed by atoms with Crippen LogP contribution >= 0.6 is 0 Å². The average Bonchev–Trinajstić information content (AvgIpc) is 2.46. The highest BCUT2D eigenvalue weighted by atomic mass is 16.6. The first kappa shape index (κ1) is 16.7. The molecule has 1 saturated carbocycles. The number of hydrogen-bond donors (Lipinski definition) is 1. The van der Waals surface area contributed by atoms with E-state index >= 15 is 0 Å². The van der Waals surface area contributed by atoms with Crippen molar-refractivity contribution in [2.75, 3.05) is 19.6 Å². The first-order valence-corrected chi connectivity index (χ1v) is 9.30. The summed E-state index contributed by atoms with van der Waals surface area (Å²) in [5.41, 5.74) is 2.47. The van der Waals surface area contributed by atoms with E-state index in [1.54, 1.807) is 4.90 Å². The maximum absolute atomic E-state index is 12.4. The van der Waals surface area contributed by atoms with Crippen LogP contribution in [0.4, 0.5) is 4.79 Å². The molecule has 136 valence electrons. The van der Waals surface area contributed by atoms with Crippen LogP contribution in [0.25, 0.3) is 0 Å². The van der Waals surface area contributed by atoms with Gasteiger partial charge in [-0.1, -0.05) is 12.1 Å². The SMILES string of the molecule is CC(C)(C)OC(=O)N1CCc2cccc(OC3CC4(CNC4)C3)c2C1. The number of benzene rings is 1. The van der Waals surface area contributed by atoms with Crippen molar-refractivity contribution in [1.82, 2.24) is 10.2 Å². The predicted molar refractivity (Wildman–Crippen MR) is 95.7 cm³/mol. The zero-order valence-electron chi connectivity index (χ0n) is 15.4. The summed E-state index contributed by atoms with van der Waals surface area (Å²) in [5.74, 6) is 0.942. The van der Waals surface area contributed by atoms with Gasteiger partial charge in [0, 0.05) is 30.6 Å². The summed E-state index contributed by atoms with van der Waals surface area (Å²) in [5, 5.41) is 3.36. The molecule has 5 nitrogen and oxygen atoms in total. The zero-order valence-corrected chi connectivity index (χ0v) is 15.4. The minimum atomic E-state index is -0.468. The molecule has 1 aliphatic carbocycles. The average molecular weight is 344 g/mol. The van der Waals surface area contributed by atoms with Gasteiger partial charge in [0.2, 0.25) is 0 Å². The molecular weight excluding hydrogens is 316 g/mol. The summed E-state index contributed by atoms with van der Waals surface area (Å²) in [6.45, 7) is 9.24. The van der Waals surface area contributed by atoms with Crippen LogP contribution in [0.2, 0.25) is 0 Å². The van der Waals surface area contributed by atoms with Gasteiger partial charge >= 0.3 is 6.09 Å². The Bertz CT molecular complexity index is 668. The molecule has 0 bridgehead atoms. The van der Waals surface area contributed by atoms with Crippen molar-refractivity contribution in [1.29, 1.82) is 0 Å². The molecular formula is C20H28N2O3. The van der Waals surface area contributed by atoms with E-state index in [4.69, 9.17) is 9.47 Å². The van der Waals surface area contributed by atoms with Gasteiger partial charge in [0.25, 0.3) is 0 Å². The molecule has 1 aromatic rings. The second kappa shape index (κ2) is 5.90. The predicted octanol–water partition coefficient (Wildman–Crippen LogP) is 3.11. The molecule has 0 atom stereocenters. The summed E-state index contributed by atoms with van der Waals surface area (Å²) in [6, 6.07) is 6.25. The van der Waals surface area contributed by atoms with E-state index in [1.807, 2.05) is 26.8 Å². The number of rotatable bonds is 2. The molecule has 25 heavy (non-hydrogen) atoms. The number of carbonyl (C=O) groups excluding carboxylic acids is 1. The van der Waals surface area contributed by atoms with Gasteiger partial charge in [-0.15, -0.1) is 0 Å². The highest BCUT2D eigenvalue weighted by Gasteiger charge is 2.49. The standard InChI is InChI=1S/C20H28N2O3/c1-19(2,3)25-18(23)22-8-7-14-5-4-6-17(16(14)11-22)24-15-9-20(10-15)12-21-13-20/h4-6,15,21H,7-13H2,1-3H3. The molecule has 2 heterocycles. The van der Waals surface area contributed by atoms with Gasteiger partial charge in [-0.25, -0.2) is 4.79 Å². The van der Waals surface area contributed by atoms with Crippen molar-refractivity contribution in [3.8, 4) is 5.75 Å². The monoisotopic (exact) mass is 344 g/mol. The third-order valence-electron chi connectivity index (χ3n) is 5.50. The minimum Gasteiger partial charge on any atom is -0.490 e. The number of nitrogens with zero attached hydrogens (tertiary/aromatic N) is 1. The van der Waals surface area contributed by atoms with Crippen LogP contribution in [0.3, 0.4) is 0 Å². The minimum absolute atomic E-state index is 0.240. The van der Waals surface area contributed by atoms with E-state index in [9.17, 15) is 4.79 Å². The highest BCUT2D eigenvalue weighted by Crippen LogP contribution is 2.46. The first-order valence-electron chi connectivity index (χ1n) is 9.30. The van der Waals surface area contributed by atoms with E-state index in [-0.39, 0.29) is 6.09 Å². The number of fused-ring (bicyclic) bond motifs is 1. The second-order valence-electron chi connectivity index (χ2n) is 8.80. The molecule has 5 heteroatoms.